The van der Waals surface area contributed by atoms with Crippen LogP contribution in [0.25, 0.3) is 11.3 Å². The predicted octanol–water partition coefficient (Wildman–Crippen LogP) is 4.76. The number of amides is 1. The van der Waals surface area contributed by atoms with Crippen molar-refractivity contribution in [2.75, 3.05) is 11.1 Å². The van der Waals surface area contributed by atoms with Crippen LogP contribution in [-0.2, 0) is 4.79 Å². The van der Waals surface area contributed by atoms with Crippen LogP contribution >= 0.6 is 23.1 Å². The lowest BCUT2D eigenvalue weighted by Crippen LogP contribution is -2.13. The van der Waals surface area contributed by atoms with Gasteiger partial charge in [0.1, 0.15) is 5.76 Å². The van der Waals surface area contributed by atoms with Crippen LogP contribution < -0.4 is 5.32 Å². The maximum absolute atomic E-state index is 12.1. The predicted molar refractivity (Wildman–Crippen MR) is 102 cm³/mol. The van der Waals surface area contributed by atoms with Crippen molar-refractivity contribution in [1.82, 2.24) is 9.97 Å². The summed E-state index contributed by atoms with van der Waals surface area (Å²) >= 11 is 2.70. The maximum Gasteiger partial charge on any atom is 0.256 e. The summed E-state index contributed by atoms with van der Waals surface area (Å²) in [5.74, 6) is 0.887. The molecule has 0 radical (unpaired) electrons. The normalized spacial score (nSPS) is 10.9. The van der Waals surface area contributed by atoms with Gasteiger partial charge in [-0.1, -0.05) is 23.9 Å². The highest BCUT2D eigenvalue weighted by Gasteiger charge is 2.12. The third-order valence-electron chi connectivity index (χ3n) is 3.89. The van der Waals surface area contributed by atoms with Gasteiger partial charge in [-0.25, -0.2) is 9.97 Å². The number of carbonyl (C=O) groups excluding carboxylic acids is 1. The minimum absolute atomic E-state index is 0.125. The van der Waals surface area contributed by atoms with Crippen molar-refractivity contribution in [3.05, 3.63) is 46.2 Å². The molecule has 0 aliphatic carbocycles. The van der Waals surface area contributed by atoms with Gasteiger partial charge in [0, 0.05) is 10.9 Å². The molecular formula is C18H19N3O2S2. The monoisotopic (exact) mass is 373 g/mol. The average molecular weight is 374 g/mol. The molecule has 3 rings (SSSR count). The third kappa shape index (κ3) is 4.29. The number of hydrogen-bond donors (Lipinski definition) is 1. The molecule has 0 unspecified atom stereocenters. The number of thioether (sulfide) groups is 1. The first kappa shape index (κ1) is 17.7. The summed E-state index contributed by atoms with van der Waals surface area (Å²) < 4.78 is 5.46. The van der Waals surface area contributed by atoms with Crippen molar-refractivity contribution in [3.63, 3.8) is 0 Å². The van der Waals surface area contributed by atoms with Gasteiger partial charge in [0.15, 0.2) is 5.13 Å². The first-order valence-corrected chi connectivity index (χ1v) is 9.68. The molecule has 0 saturated carbocycles. The van der Waals surface area contributed by atoms with E-state index in [1.54, 1.807) is 0 Å². The van der Waals surface area contributed by atoms with Crippen molar-refractivity contribution >= 4 is 34.1 Å². The summed E-state index contributed by atoms with van der Waals surface area (Å²) in [4.78, 5) is 20.8. The second-order valence-electron chi connectivity index (χ2n) is 5.80. The van der Waals surface area contributed by atoms with Gasteiger partial charge in [0.2, 0.25) is 5.91 Å². The van der Waals surface area contributed by atoms with E-state index in [1.165, 1.54) is 34.2 Å². The van der Waals surface area contributed by atoms with Gasteiger partial charge < -0.3 is 9.73 Å². The Bertz CT molecular complexity index is 895. The standard InChI is InChI=1S/C18H19N3O2S2/c1-10-5-6-14(7-11(10)2)15-8-24-17(20-15)21-16(22)9-25-18-19-12(3)13(4)23-18/h5-8H,9H2,1-4H3,(H,20,21,22). The zero-order valence-electron chi connectivity index (χ0n) is 14.5. The number of benzene rings is 1. The van der Waals surface area contributed by atoms with E-state index >= 15 is 0 Å². The Morgan fingerprint density at radius 3 is 2.68 bits per heavy atom. The minimum atomic E-state index is -0.125. The largest absolute Gasteiger partial charge is 0.437 e. The van der Waals surface area contributed by atoms with E-state index in [2.05, 4.69) is 41.3 Å². The molecule has 25 heavy (non-hydrogen) atoms. The number of thiazole rings is 1. The van der Waals surface area contributed by atoms with E-state index < -0.39 is 0 Å². The molecule has 3 aromatic rings. The summed E-state index contributed by atoms with van der Waals surface area (Å²) in [6.45, 7) is 7.90. The van der Waals surface area contributed by atoms with E-state index in [9.17, 15) is 4.79 Å². The molecule has 1 amide bonds. The SMILES string of the molecule is Cc1ccc(-c2csc(NC(=O)CSc3nc(C)c(C)o3)n2)cc1C. The number of rotatable bonds is 5. The number of aryl methyl sites for hydroxylation is 4. The van der Waals surface area contributed by atoms with Crippen LogP contribution in [0.1, 0.15) is 22.6 Å². The fraction of sp³-hybridized carbons (Fsp3) is 0.278. The lowest BCUT2D eigenvalue weighted by atomic mass is 10.1. The van der Waals surface area contributed by atoms with Gasteiger partial charge in [-0.15, -0.1) is 11.3 Å². The number of hydrogen-bond acceptors (Lipinski definition) is 6. The van der Waals surface area contributed by atoms with Crippen LogP contribution in [0.15, 0.2) is 33.2 Å². The van der Waals surface area contributed by atoms with Crippen LogP contribution in [0, 0.1) is 27.7 Å². The fourth-order valence-electron chi connectivity index (χ4n) is 2.15. The van der Waals surface area contributed by atoms with Gasteiger partial charge in [-0.05, 0) is 44.9 Å². The molecular weight excluding hydrogens is 354 g/mol. The Balaban J connectivity index is 1.60. The zero-order chi connectivity index (χ0) is 18.0. The minimum Gasteiger partial charge on any atom is -0.437 e. The Morgan fingerprint density at radius 1 is 1.20 bits per heavy atom. The Morgan fingerprint density at radius 2 is 2.00 bits per heavy atom. The lowest BCUT2D eigenvalue weighted by molar-refractivity contribution is -0.113. The van der Waals surface area contributed by atoms with Crippen molar-refractivity contribution in [2.24, 2.45) is 0 Å². The van der Waals surface area contributed by atoms with E-state index in [1.807, 2.05) is 25.3 Å². The highest BCUT2D eigenvalue weighted by atomic mass is 32.2. The number of nitrogens with zero attached hydrogens (tertiary/aromatic N) is 2. The number of oxazole rings is 1. The summed E-state index contributed by atoms with van der Waals surface area (Å²) in [7, 11) is 0. The summed E-state index contributed by atoms with van der Waals surface area (Å²) in [6, 6.07) is 6.24. The van der Waals surface area contributed by atoms with E-state index in [0.717, 1.165) is 22.7 Å². The molecule has 0 fully saturated rings. The van der Waals surface area contributed by atoms with Gasteiger partial charge >= 0.3 is 0 Å². The molecule has 0 spiro atoms. The van der Waals surface area contributed by atoms with Crippen molar-refractivity contribution < 1.29 is 9.21 Å². The molecule has 0 bridgehead atoms. The van der Waals surface area contributed by atoms with Gasteiger partial charge in [-0.2, -0.15) is 0 Å². The molecule has 0 saturated heterocycles. The van der Waals surface area contributed by atoms with Crippen LogP contribution in [0.5, 0.6) is 0 Å². The Hall–Kier alpha value is -2.12. The molecule has 0 aliphatic rings. The van der Waals surface area contributed by atoms with E-state index in [-0.39, 0.29) is 11.7 Å². The first-order chi connectivity index (χ1) is 11.9. The number of aromatic nitrogens is 2. The maximum atomic E-state index is 12.1. The molecule has 130 valence electrons. The number of nitrogens with one attached hydrogen (secondary N) is 1. The molecule has 0 atom stereocenters. The Labute approximate surface area is 154 Å². The molecule has 2 heterocycles. The topological polar surface area (TPSA) is 68.0 Å². The van der Waals surface area contributed by atoms with Crippen molar-refractivity contribution in [2.45, 2.75) is 32.9 Å². The number of carbonyl (C=O) groups is 1. The smallest absolute Gasteiger partial charge is 0.256 e. The average Bonchev–Trinajstić information content (AvgIpc) is 3.15. The van der Waals surface area contributed by atoms with E-state index in [4.69, 9.17) is 4.42 Å². The Kier molecular flexibility index (Phi) is 5.24. The van der Waals surface area contributed by atoms with Crippen molar-refractivity contribution in [1.29, 1.82) is 0 Å². The zero-order valence-corrected chi connectivity index (χ0v) is 16.2. The third-order valence-corrected chi connectivity index (χ3v) is 5.47. The second kappa shape index (κ2) is 7.41. The second-order valence-corrected chi connectivity index (χ2v) is 7.58. The van der Waals surface area contributed by atoms with Gasteiger partial charge in [0.05, 0.1) is 17.1 Å². The molecule has 0 aliphatic heterocycles. The lowest BCUT2D eigenvalue weighted by Gasteiger charge is -2.02. The highest BCUT2D eigenvalue weighted by Crippen LogP contribution is 2.27. The quantitative estimate of drug-likeness (QED) is 0.653. The van der Waals surface area contributed by atoms with Crippen LogP contribution in [-0.4, -0.2) is 21.6 Å². The van der Waals surface area contributed by atoms with Crippen molar-refractivity contribution in [3.8, 4) is 11.3 Å². The van der Waals surface area contributed by atoms with Gasteiger partial charge in [-0.3, -0.25) is 4.79 Å². The van der Waals surface area contributed by atoms with Gasteiger partial charge in [0.25, 0.3) is 5.22 Å². The molecule has 1 aromatic carbocycles. The fourth-order valence-corrected chi connectivity index (χ4v) is 3.60. The molecule has 5 nitrogen and oxygen atoms in total. The number of anilines is 1. The first-order valence-electron chi connectivity index (χ1n) is 7.82. The summed E-state index contributed by atoms with van der Waals surface area (Å²) in [5.41, 5.74) is 5.25. The summed E-state index contributed by atoms with van der Waals surface area (Å²) in [5, 5.41) is 5.89. The van der Waals surface area contributed by atoms with Crippen LogP contribution in [0.2, 0.25) is 0 Å². The van der Waals surface area contributed by atoms with Crippen LogP contribution in [0.4, 0.5) is 5.13 Å². The molecule has 7 heteroatoms. The summed E-state index contributed by atoms with van der Waals surface area (Å²) in [6.07, 6.45) is 0. The van der Waals surface area contributed by atoms with E-state index in [0.29, 0.717) is 10.4 Å². The highest BCUT2D eigenvalue weighted by molar-refractivity contribution is 7.99. The molecule has 1 N–H and O–H groups in total. The molecule has 2 aromatic heterocycles. The van der Waals surface area contributed by atoms with Crippen LogP contribution in [0.3, 0.4) is 0 Å².